The Morgan fingerprint density at radius 2 is 2.06 bits per heavy atom. The maximum Gasteiger partial charge on any atom is 0.221 e. The van der Waals surface area contributed by atoms with E-state index in [2.05, 4.69) is 63.8 Å². The summed E-state index contributed by atoms with van der Waals surface area (Å²) in [5.74, 6) is 1.60. The molecule has 1 aliphatic heterocycles. The quantitative estimate of drug-likeness (QED) is 0.442. The Hall–Kier alpha value is -2.87. The molecule has 8 nitrogen and oxygen atoms in total. The minimum atomic E-state index is -0.188. The van der Waals surface area contributed by atoms with Crippen LogP contribution in [0.25, 0.3) is 0 Å². The maximum absolute atomic E-state index is 11.5. The van der Waals surface area contributed by atoms with E-state index in [1.165, 1.54) is 11.1 Å². The van der Waals surface area contributed by atoms with Crippen molar-refractivity contribution >= 4 is 11.9 Å². The highest BCUT2D eigenvalue weighted by Crippen LogP contribution is 2.19. The zero-order chi connectivity index (χ0) is 22.2. The van der Waals surface area contributed by atoms with Crippen LogP contribution < -0.4 is 16.4 Å². The van der Waals surface area contributed by atoms with Crippen molar-refractivity contribution in [2.45, 2.75) is 52.2 Å². The Morgan fingerprint density at radius 3 is 2.77 bits per heavy atom. The standard InChI is InChI=1S/C23H34N6O2/c1-16(2)21-11-20(31-28-21)13-27-23(25-3)26-12-17-6-4-7-18(10-17)14-29-9-5-8-19(15-29)22(24)30/h4,6-7,10-11,16,19H,5,8-9,12-15H2,1-3H3,(H2,24,30)(H2,25,26,27). The molecule has 168 valence electrons. The van der Waals surface area contributed by atoms with Crippen molar-refractivity contribution in [2.24, 2.45) is 16.6 Å². The molecule has 1 saturated heterocycles. The third kappa shape index (κ3) is 6.82. The largest absolute Gasteiger partial charge is 0.369 e. The van der Waals surface area contributed by atoms with Gasteiger partial charge in [0.05, 0.1) is 18.2 Å². The number of carbonyl (C=O) groups is 1. The van der Waals surface area contributed by atoms with E-state index in [0.29, 0.717) is 25.0 Å². The Morgan fingerprint density at radius 1 is 1.29 bits per heavy atom. The van der Waals surface area contributed by atoms with Gasteiger partial charge in [-0.05, 0) is 36.4 Å². The summed E-state index contributed by atoms with van der Waals surface area (Å²) < 4.78 is 5.36. The van der Waals surface area contributed by atoms with Crippen molar-refractivity contribution in [1.29, 1.82) is 0 Å². The maximum atomic E-state index is 11.5. The van der Waals surface area contributed by atoms with E-state index in [4.69, 9.17) is 10.3 Å². The molecule has 1 aromatic carbocycles. The number of hydrogen-bond donors (Lipinski definition) is 3. The van der Waals surface area contributed by atoms with Gasteiger partial charge in [0.1, 0.15) is 0 Å². The number of nitrogens with one attached hydrogen (secondary N) is 2. The highest BCUT2D eigenvalue weighted by molar-refractivity contribution is 5.79. The van der Waals surface area contributed by atoms with E-state index >= 15 is 0 Å². The molecule has 2 aromatic rings. The van der Waals surface area contributed by atoms with Crippen LogP contribution in [0.2, 0.25) is 0 Å². The summed E-state index contributed by atoms with van der Waals surface area (Å²) >= 11 is 0. The molecule has 1 aliphatic rings. The highest BCUT2D eigenvalue weighted by Gasteiger charge is 2.23. The highest BCUT2D eigenvalue weighted by atomic mass is 16.5. The number of nitrogens with two attached hydrogens (primary N) is 1. The normalized spacial score (nSPS) is 17.7. The summed E-state index contributed by atoms with van der Waals surface area (Å²) in [5, 5.41) is 10.7. The molecule has 2 heterocycles. The Bertz CT molecular complexity index is 892. The second kappa shape index (κ2) is 10.9. The first-order chi connectivity index (χ1) is 14.9. The van der Waals surface area contributed by atoms with Gasteiger partial charge in [-0.3, -0.25) is 14.7 Å². The lowest BCUT2D eigenvalue weighted by atomic mass is 9.97. The van der Waals surface area contributed by atoms with E-state index in [-0.39, 0.29) is 11.8 Å². The third-order valence-electron chi connectivity index (χ3n) is 5.59. The van der Waals surface area contributed by atoms with Gasteiger partial charge in [0.15, 0.2) is 11.7 Å². The number of piperidine rings is 1. The van der Waals surface area contributed by atoms with E-state index in [0.717, 1.165) is 43.9 Å². The number of rotatable bonds is 8. The molecule has 3 rings (SSSR count). The predicted octanol–water partition coefficient (Wildman–Crippen LogP) is 2.36. The van der Waals surface area contributed by atoms with Crippen LogP contribution in [-0.4, -0.2) is 42.1 Å². The van der Waals surface area contributed by atoms with Gasteiger partial charge in [-0.1, -0.05) is 43.3 Å². The summed E-state index contributed by atoms with van der Waals surface area (Å²) in [5.41, 5.74) is 8.86. The monoisotopic (exact) mass is 426 g/mol. The van der Waals surface area contributed by atoms with E-state index < -0.39 is 0 Å². The molecule has 0 bridgehead atoms. The number of nitrogens with zero attached hydrogens (tertiary/aromatic N) is 3. The van der Waals surface area contributed by atoms with Crippen molar-refractivity contribution < 1.29 is 9.32 Å². The molecule has 1 atom stereocenters. The molecule has 1 amide bonds. The molecule has 1 unspecified atom stereocenters. The molecule has 0 saturated carbocycles. The lowest BCUT2D eigenvalue weighted by Crippen LogP contribution is -2.40. The van der Waals surface area contributed by atoms with E-state index in [1.54, 1.807) is 7.05 Å². The third-order valence-corrected chi connectivity index (χ3v) is 5.59. The van der Waals surface area contributed by atoms with Crippen molar-refractivity contribution in [3.05, 3.63) is 52.9 Å². The first kappa shape index (κ1) is 22.8. The number of benzene rings is 1. The molecule has 1 aromatic heterocycles. The topological polar surface area (TPSA) is 109 Å². The van der Waals surface area contributed by atoms with Gasteiger partial charge in [-0.15, -0.1) is 0 Å². The number of hydrogen-bond acceptors (Lipinski definition) is 5. The van der Waals surface area contributed by atoms with Gasteiger partial charge in [-0.2, -0.15) is 0 Å². The lowest BCUT2D eigenvalue weighted by Gasteiger charge is -2.31. The average molecular weight is 427 g/mol. The number of aliphatic imine (C=N–C) groups is 1. The molecule has 1 fully saturated rings. The fourth-order valence-corrected chi connectivity index (χ4v) is 3.79. The number of guanidine groups is 1. The minimum absolute atomic E-state index is 0.0334. The van der Waals surface area contributed by atoms with Gasteiger partial charge < -0.3 is 20.9 Å². The first-order valence-corrected chi connectivity index (χ1v) is 10.9. The van der Waals surface area contributed by atoms with Gasteiger partial charge in [-0.25, -0.2) is 0 Å². The zero-order valence-electron chi connectivity index (χ0n) is 18.7. The second-order valence-corrected chi connectivity index (χ2v) is 8.45. The number of carbonyl (C=O) groups excluding carboxylic acids is 1. The van der Waals surface area contributed by atoms with Crippen LogP contribution in [0.5, 0.6) is 0 Å². The van der Waals surface area contributed by atoms with Gasteiger partial charge in [0, 0.05) is 32.7 Å². The fraction of sp³-hybridized carbons (Fsp3) is 0.522. The van der Waals surface area contributed by atoms with Gasteiger partial charge in [0.2, 0.25) is 5.91 Å². The Kier molecular flexibility index (Phi) is 8.06. The zero-order valence-corrected chi connectivity index (χ0v) is 18.7. The summed E-state index contributed by atoms with van der Waals surface area (Å²) in [6.07, 6.45) is 1.91. The van der Waals surface area contributed by atoms with Crippen LogP contribution in [0.1, 0.15) is 55.2 Å². The molecule has 31 heavy (non-hydrogen) atoms. The van der Waals surface area contributed by atoms with Crippen molar-refractivity contribution in [1.82, 2.24) is 20.7 Å². The molecular weight excluding hydrogens is 392 g/mol. The Balaban J connectivity index is 1.49. The molecule has 4 N–H and O–H groups in total. The molecule has 0 spiro atoms. The van der Waals surface area contributed by atoms with Crippen LogP contribution in [0.4, 0.5) is 0 Å². The number of aromatic nitrogens is 1. The molecule has 0 radical (unpaired) electrons. The number of primary amides is 1. The summed E-state index contributed by atoms with van der Waals surface area (Å²) in [7, 11) is 1.75. The predicted molar refractivity (Wildman–Crippen MR) is 121 cm³/mol. The minimum Gasteiger partial charge on any atom is -0.369 e. The summed E-state index contributed by atoms with van der Waals surface area (Å²) in [6, 6.07) is 10.5. The van der Waals surface area contributed by atoms with Crippen LogP contribution in [0, 0.1) is 5.92 Å². The van der Waals surface area contributed by atoms with Crippen molar-refractivity contribution in [3.63, 3.8) is 0 Å². The molecular formula is C23H34N6O2. The van der Waals surface area contributed by atoms with E-state index in [9.17, 15) is 4.79 Å². The number of amides is 1. The Labute approximate surface area is 184 Å². The SMILES string of the molecule is CN=C(NCc1cccc(CN2CCCC(C(N)=O)C2)c1)NCc1cc(C(C)C)no1. The van der Waals surface area contributed by atoms with Crippen LogP contribution in [0.3, 0.4) is 0 Å². The van der Waals surface area contributed by atoms with E-state index in [1.807, 2.05) is 6.07 Å². The van der Waals surface area contributed by atoms with Gasteiger partial charge >= 0.3 is 0 Å². The molecule has 8 heteroatoms. The summed E-state index contributed by atoms with van der Waals surface area (Å²) in [6.45, 7) is 7.93. The first-order valence-electron chi connectivity index (χ1n) is 10.9. The second-order valence-electron chi connectivity index (χ2n) is 8.45. The van der Waals surface area contributed by atoms with Crippen molar-refractivity contribution in [3.8, 4) is 0 Å². The average Bonchev–Trinajstić information content (AvgIpc) is 3.24. The summed E-state index contributed by atoms with van der Waals surface area (Å²) in [4.78, 5) is 18.1. The number of likely N-dealkylation sites (tertiary alicyclic amines) is 1. The van der Waals surface area contributed by atoms with Crippen LogP contribution in [-0.2, 0) is 24.4 Å². The van der Waals surface area contributed by atoms with Crippen LogP contribution in [0.15, 0.2) is 39.8 Å². The fourth-order valence-electron chi connectivity index (χ4n) is 3.79. The van der Waals surface area contributed by atoms with Crippen LogP contribution >= 0.6 is 0 Å². The van der Waals surface area contributed by atoms with Crippen molar-refractivity contribution in [2.75, 3.05) is 20.1 Å². The molecule has 0 aliphatic carbocycles. The smallest absolute Gasteiger partial charge is 0.221 e. The van der Waals surface area contributed by atoms with Gasteiger partial charge in [0.25, 0.3) is 0 Å². The lowest BCUT2D eigenvalue weighted by molar-refractivity contribution is -0.123.